The predicted molar refractivity (Wildman–Crippen MR) is 55.1 cm³/mol. The molecule has 0 aromatic heterocycles. The third kappa shape index (κ3) is 1.79. The van der Waals surface area contributed by atoms with Crippen LogP contribution < -0.4 is 0 Å². The summed E-state index contributed by atoms with van der Waals surface area (Å²) < 4.78 is 5.46. The Morgan fingerprint density at radius 3 is 2.73 bits per heavy atom. The first-order valence-corrected chi connectivity index (χ1v) is 5.39. The molecule has 2 rings (SSSR count). The van der Waals surface area contributed by atoms with E-state index < -0.39 is 6.23 Å². The molecule has 0 aromatic rings. The Balaban J connectivity index is 2.02. The van der Waals surface area contributed by atoms with Crippen molar-refractivity contribution in [3.8, 4) is 0 Å². The molecule has 0 aromatic carbocycles. The van der Waals surface area contributed by atoms with Crippen LogP contribution in [-0.4, -0.2) is 41.4 Å². The number of nitrogens with zero attached hydrogens (tertiary/aromatic N) is 1. The van der Waals surface area contributed by atoms with Crippen LogP contribution in [0.5, 0.6) is 0 Å². The summed E-state index contributed by atoms with van der Waals surface area (Å²) in [5.74, 6) is -0.0597. The molecule has 2 aliphatic heterocycles. The van der Waals surface area contributed by atoms with Crippen molar-refractivity contribution in [2.75, 3.05) is 13.2 Å². The van der Waals surface area contributed by atoms with Gasteiger partial charge in [0.25, 0.3) is 5.91 Å². The van der Waals surface area contributed by atoms with E-state index in [1.807, 2.05) is 0 Å². The Bertz CT molecular complexity index is 305. The smallest absolute Gasteiger partial charge is 0.251 e. The topological polar surface area (TPSA) is 49.8 Å². The third-order valence-corrected chi connectivity index (χ3v) is 3.28. The van der Waals surface area contributed by atoms with E-state index in [0.29, 0.717) is 12.1 Å². The van der Waals surface area contributed by atoms with Crippen molar-refractivity contribution in [2.45, 2.75) is 39.0 Å². The number of hydrogen-bond donors (Lipinski definition) is 1. The van der Waals surface area contributed by atoms with E-state index >= 15 is 0 Å². The molecule has 0 saturated carbocycles. The molecule has 2 heterocycles. The van der Waals surface area contributed by atoms with Crippen molar-refractivity contribution in [3.05, 3.63) is 11.1 Å². The number of carbonyl (C=O) groups is 1. The minimum Gasteiger partial charge on any atom is -0.376 e. The average Bonchev–Trinajstić information content (AvgIpc) is 2.79. The minimum atomic E-state index is -0.748. The van der Waals surface area contributed by atoms with Crippen LogP contribution in [0.2, 0.25) is 0 Å². The van der Waals surface area contributed by atoms with Crippen LogP contribution in [0.25, 0.3) is 0 Å². The number of hydrogen-bond acceptors (Lipinski definition) is 3. The van der Waals surface area contributed by atoms with Crippen LogP contribution in [0.1, 0.15) is 26.7 Å². The Morgan fingerprint density at radius 2 is 2.27 bits per heavy atom. The predicted octanol–water partition coefficient (Wildman–Crippen LogP) is 0.662. The lowest BCUT2D eigenvalue weighted by Gasteiger charge is -2.24. The van der Waals surface area contributed by atoms with Crippen LogP contribution >= 0.6 is 0 Å². The second kappa shape index (κ2) is 3.94. The second-order valence-electron chi connectivity index (χ2n) is 4.27. The highest BCUT2D eigenvalue weighted by Crippen LogP contribution is 2.25. The third-order valence-electron chi connectivity index (χ3n) is 3.28. The summed E-state index contributed by atoms with van der Waals surface area (Å²) in [6, 6.07) is 0. The molecular weight excluding hydrogens is 194 g/mol. The molecule has 0 spiro atoms. The minimum absolute atomic E-state index is 0.0597. The lowest BCUT2D eigenvalue weighted by atomic mass is 10.2. The molecule has 84 valence electrons. The van der Waals surface area contributed by atoms with Crippen LogP contribution in [0.3, 0.4) is 0 Å². The molecular formula is C11H17NO3. The molecule has 0 unspecified atom stereocenters. The van der Waals surface area contributed by atoms with Gasteiger partial charge in [-0.05, 0) is 32.3 Å². The first-order valence-electron chi connectivity index (χ1n) is 5.39. The van der Waals surface area contributed by atoms with E-state index in [1.54, 1.807) is 13.8 Å². The molecule has 4 nitrogen and oxygen atoms in total. The van der Waals surface area contributed by atoms with Crippen molar-refractivity contribution < 1.29 is 14.6 Å². The summed E-state index contributed by atoms with van der Waals surface area (Å²) in [6.07, 6.45) is 1.38. The summed E-state index contributed by atoms with van der Waals surface area (Å²) >= 11 is 0. The number of ether oxygens (including phenoxy) is 1. The van der Waals surface area contributed by atoms with Gasteiger partial charge in [-0.3, -0.25) is 4.79 Å². The standard InChI is InChI=1S/C11H17NO3/c1-7-8(2)11(14)12(10(7)13)6-9-4-3-5-15-9/h9-10,13H,3-6H2,1-2H3/t9-,10-/m0/s1. The molecule has 1 amide bonds. The molecule has 2 aliphatic rings. The van der Waals surface area contributed by atoms with Gasteiger partial charge in [-0.1, -0.05) is 0 Å². The number of amides is 1. The SMILES string of the molecule is CC1=C(C)[C@H](O)N(C[C@@H]2CCCO2)C1=O. The molecule has 1 fully saturated rings. The van der Waals surface area contributed by atoms with Crippen molar-refractivity contribution in [2.24, 2.45) is 0 Å². The van der Waals surface area contributed by atoms with Gasteiger partial charge < -0.3 is 14.7 Å². The van der Waals surface area contributed by atoms with E-state index in [0.717, 1.165) is 25.0 Å². The summed E-state index contributed by atoms with van der Waals surface area (Å²) in [6.45, 7) is 4.84. The van der Waals surface area contributed by atoms with Crippen LogP contribution in [0, 0.1) is 0 Å². The fourth-order valence-electron chi connectivity index (χ4n) is 2.11. The maximum Gasteiger partial charge on any atom is 0.251 e. The highest BCUT2D eigenvalue weighted by atomic mass is 16.5. The van der Waals surface area contributed by atoms with Gasteiger partial charge in [0.05, 0.1) is 12.6 Å². The van der Waals surface area contributed by atoms with E-state index in [4.69, 9.17) is 4.74 Å². The fraction of sp³-hybridized carbons (Fsp3) is 0.727. The first kappa shape index (κ1) is 10.6. The van der Waals surface area contributed by atoms with E-state index in [1.165, 1.54) is 4.90 Å². The molecule has 1 N–H and O–H groups in total. The molecule has 4 heteroatoms. The quantitative estimate of drug-likeness (QED) is 0.730. The highest BCUT2D eigenvalue weighted by Gasteiger charge is 2.35. The van der Waals surface area contributed by atoms with Gasteiger partial charge in [0.2, 0.25) is 0 Å². The van der Waals surface area contributed by atoms with E-state index in [2.05, 4.69) is 0 Å². The molecule has 0 radical (unpaired) electrons. The molecule has 0 bridgehead atoms. The van der Waals surface area contributed by atoms with Crippen molar-refractivity contribution in [3.63, 3.8) is 0 Å². The second-order valence-corrected chi connectivity index (χ2v) is 4.27. The van der Waals surface area contributed by atoms with Crippen LogP contribution in [0.15, 0.2) is 11.1 Å². The Labute approximate surface area is 89.5 Å². The van der Waals surface area contributed by atoms with Gasteiger partial charge >= 0.3 is 0 Å². The molecule has 0 aliphatic carbocycles. The van der Waals surface area contributed by atoms with Gasteiger partial charge in [-0.25, -0.2) is 0 Å². The van der Waals surface area contributed by atoms with E-state index in [9.17, 15) is 9.90 Å². The number of carbonyl (C=O) groups excluding carboxylic acids is 1. The summed E-state index contributed by atoms with van der Waals surface area (Å²) in [4.78, 5) is 13.3. The number of aliphatic hydroxyl groups excluding tert-OH is 1. The first-order chi connectivity index (χ1) is 7.11. The molecule has 2 atom stereocenters. The Hall–Kier alpha value is -0.870. The van der Waals surface area contributed by atoms with Gasteiger partial charge in [0, 0.05) is 12.2 Å². The monoisotopic (exact) mass is 211 g/mol. The fourth-order valence-corrected chi connectivity index (χ4v) is 2.11. The summed E-state index contributed by atoms with van der Waals surface area (Å²) in [5.41, 5.74) is 1.43. The summed E-state index contributed by atoms with van der Waals surface area (Å²) in [5, 5.41) is 9.85. The summed E-state index contributed by atoms with van der Waals surface area (Å²) in [7, 11) is 0. The Morgan fingerprint density at radius 1 is 1.53 bits per heavy atom. The molecule has 1 saturated heterocycles. The lowest BCUT2D eigenvalue weighted by molar-refractivity contribution is -0.134. The van der Waals surface area contributed by atoms with Crippen molar-refractivity contribution in [1.82, 2.24) is 4.90 Å². The highest BCUT2D eigenvalue weighted by molar-refractivity contribution is 5.96. The zero-order valence-corrected chi connectivity index (χ0v) is 9.19. The molecule has 15 heavy (non-hydrogen) atoms. The normalized spacial score (nSPS) is 31.9. The van der Waals surface area contributed by atoms with Crippen molar-refractivity contribution in [1.29, 1.82) is 0 Å². The number of aliphatic hydroxyl groups is 1. The number of rotatable bonds is 2. The van der Waals surface area contributed by atoms with Crippen molar-refractivity contribution >= 4 is 5.91 Å². The Kier molecular flexibility index (Phi) is 2.80. The lowest BCUT2D eigenvalue weighted by Crippen LogP contribution is -2.40. The van der Waals surface area contributed by atoms with Gasteiger partial charge in [0.1, 0.15) is 0 Å². The maximum atomic E-state index is 11.8. The van der Waals surface area contributed by atoms with Gasteiger partial charge in [-0.15, -0.1) is 0 Å². The average molecular weight is 211 g/mol. The van der Waals surface area contributed by atoms with Gasteiger partial charge in [-0.2, -0.15) is 0 Å². The zero-order valence-electron chi connectivity index (χ0n) is 9.19. The maximum absolute atomic E-state index is 11.8. The van der Waals surface area contributed by atoms with Gasteiger partial charge in [0.15, 0.2) is 6.23 Å². The van der Waals surface area contributed by atoms with Crippen LogP contribution in [0.4, 0.5) is 0 Å². The van der Waals surface area contributed by atoms with E-state index in [-0.39, 0.29) is 12.0 Å². The van der Waals surface area contributed by atoms with Crippen LogP contribution in [-0.2, 0) is 9.53 Å². The zero-order chi connectivity index (χ0) is 11.0. The largest absolute Gasteiger partial charge is 0.376 e.